The Labute approximate surface area is 99.7 Å². The number of hydrogen-bond donors (Lipinski definition) is 2. The van der Waals surface area contributed by atoms with Gasteiger partial charge in [-0.25, -0.2) is 4.98 Å². The van der Waals surface area contributed by atoms with Gasteiger partial charge in [-0.15, -0.1) is 0 Å². The molecule has 6 heteroatoms. The minimum atomic E-state index is -1.42. The molecule has 1 aromatic rings. The van der Waals surface area contributed by atoms with Crippen LogP contribution in [0.2, 0.25) is 0 Å². The summed E-state index contributed by atoms with van der Waals surface area (Å²) in [6.07, 6.45) is 4.09. The van der Waals surface area contributed by atoms with E-state index in [-0.39, 0.29) is 6.42 Å². The lowest BCUT2D eigenvalue weighted by atomic mass is 9.84. The number of aryl methyl sites for hydroxylation is 2. The Morgan fingerprint density at radius 3 is 2.65 bits per heavy atom. The fraction of sp³-hybridized carbons (Fsp3) is 0.545. The number of carboxylic acid groups (broad SMARTS) is 1. The number of aliphatic carboxylic acids is 1. The van der Waals surface area contributed by atoms with E-state index in [0.29, 0.717) is 6.42 Å². The van der Waals surface area contributed by atoms with Crippen LogP contribution in [0.15, 0.2) is 12.4 Å². The van der Waals surface area contributed by atoms with E-state index in [4.69, 9.17) is 5.11 Å². The number of rotatable bonds is 5. The fourth-order valence-electron chi connectivity index (χ4n) is 1.59. The monoisotopic (exact) mass is 239 g/mol. The highest BCUT2D eigenvalue weighted by Gasteiger charge is 2.40. The average molecular weight is 239 g/mol. The molecule has 1 heterocycles. The average Bonchev–Trinajstić information content (AvgIpc) is 2.70. The zero-order valence-electron chi connectivity index (χ0n) is 10.2. The summed E-state index contributed by atoms with van der Waals surface area (Å²) in [7, 11) is 3.27. The Kier molecular flexibility index (Phi) is 3.88. The highest BCUT2D eigenvalue weighted by atomic mass is 16.4. The normalized spacial score (nSPS) is 14.1. The molecule has 0 saturated carbocycles. The van der Waals surface area contributed by atoms with E-state index in [9.17, 15) is 9.59 Å². The van der Waals surface area contributed by atoms with Crippen molar-refractivity contribution in [3.63, 3.8) is 0 Å². The molecule has 1 unspecified atom stereocenters. The lowest BCUT2D eigenvalue weighted by Gasteiger charge is -2.22. The van der Waals surface area contributed by atoms with E-state index in [1.807, 2.05) is 11.6 Å². The summed E-state index contributed by atoms with van der Waals surface area (Å²) < 4.78 is 1.81. The topological polar surface area (TPSA) is 84.2 Å². The molecule has 0 aliphatic heterocycles. The zero-order chi connectivity index (χ0) is 13.1. The van der Waals surface area contributed by atoms with Crippen LogP contribution in [0.25, 0.3) is 0 Å². The van der Waals surface area contributed by atoms with E-state index in [0.717, 1.165) is 5.82 Å². The number of nitrogens with one attached hydrogen (secondary N) is 1. The number of nitrogens with zero attached hydrogens (tertiary/aromatic N) is 2. The first-order valence-corrected chi connectivity index (χ1v) is 5.33. The molecule has 0 radical (unpaired) electrons. The Hall–Kier alpha value is -1.85. The Morgan fingerprint density at radius 1 is 1.59 bits per heavy atom. The predicted octanol–water partition coefficient (Wildman–Crippen LogP) is 0.190. The summed E-state index contributed by atoms with van der Waals surface area (Å²) in [4.78, 5) is 26.9. The van der Waals surface area contributed by atoms with Crippen molar-refractivity contribution in [2.45, 2.75) is 19.8 Å². The predicted molar refractivity (Wildman–Crippen MR) is 61.3 cm³/mol. The quantitative estimate of drug-likeness (QED) is 0.718. The Balaban J connectivity index is 2.79. The Morgan fingerprint density at radius 2 is 2.24 bits per heavy atom. The van der Waals surface area contributed by atoms with Crippen molar-refractivity contribution in [2.24, 2.45) is 12.5 Å². The SMILES string of the molecule is CNC(=O)C(C)(CCc1nccn1C)C(=O)O. The molecule has 0 spiro atoms. The van der Waals surface area contributed by atoms with E-state index < -0.39 is 17.3 Å². The number of carboxylic acids is 1. The number of imidazole rings is 1. The molecule has 17 heavy (non-hydrogen) atoms. The van der Waals surface area contributed by atoms with E-state index in [2.05, 4.69) is 10.3 Å². The number of amides is 1. The first-order valence-electron chi connectivity index (χ1n) is 5.33. The van der Waals surface area contributed by atoms with Gasteiger partial charge in [0.15, 0.2) is 0 Å². The minimum absolute atomic E-state index is 0.215. The smallest absolute Gasteiger partial charge is 0.318 e. The summed E-state index contributed by atoms with van der Waals surface area (Å²) in [6.45, 7) is 1.43. The van der Waals surface area contributed by atoms with Crippen molar-refractivity contribution < 1.29 is 14.7 Å². The Bertz CT molecular complexity index is 427. The van der Waals surface area contributed by atoms with Gasteiger partial charge >= 0.3 is 5.97 Å². The van der Waals surface area contributed by atoms with Crippen molar-refractivity contribution in [3.05, 3.63) is 18.2 Å². The maximum atomic E-state index is 11.6. The van der Waals surface area contributed by atoms with Gasteiger partial charge in [-0.3, -0.25) is 9.59 Å². The standard InChI is InChI=1S/C11H17N3O3/c1-11(10(16)17,9(15)12-2)5-4-8-13-6-7-14(8)3/h6-7H,4-5H2,1-3H3,(H,12,15)(H,16,17). The summed E-state index contributed by atoms with van der Waals surface area (Å²) in [5.41, 5.74) is -1.42. The third-order valence-electron chi connectivity index (χ3n) is 2.97. The molecular formula is C11H17N3O3. The van der Waals surface area contributed by atoms with Gasteiger partial charge in [0.05, 0.1) is 0 Å². The maximum absolute atomic E-state index is 11.6. The molecule has 0 bridgehead atoms. The van der Waals surface area contributed by atoms with Crippen molar-refractivity contribution >= 4 is 11.9 Å². The van der Waals surface area contributed by atoms with E-state index in [1.54, 1.807) is 12.4 Å². The largest absolute Gasteiger partial charge is 0.480 e. The van der Waals surface area contributed by atoms with Gasteiger partial charge in [0.25, 0.3) is 0 Å². The van der Waals surface area contributed by atoms with Crippen molar-refractivity contribution in [1.29, 1.82) is 0 Å². The second-order valence-electron chi connectivity index (χ2n) is 4.17. The third-order valence-corrected chi connectivity index (χ3v) is 2.97. The first-order chi connectivity index (χ1) is 7.91. The molecule has 1 amide bonds. The zero-order valence-corrected chi connectivity index (χ0v) is 10.2. The van der Waals surface area contributed by atoms with Crippen LogP contribution in [-0.2, 0) is 23.1 Å². The molecule has 1 rings (SSSR count). The summed E-state index contributed by atoms with van der Waals surface area (Å²) in [5.74, 6) is -0.841. The molecule has 94 valence electrons. The van der Waals surface area contributed by atoms with Crippen molar-refractivity contribution in [3.8, 4) is 0 Å². The van der Waals surface area contributed by atoms with Crippen molar-refractivity contribution in [1.82, 2.24) is 14.9 Å². The molecule has 0 aliphatic rings. The van der Waals surface area contributed by atoms with Gasteiger partial charge in [0.2, 0.25) is 5.91 Å². The molecule has 1 atom stereocenters. The number of hydrogen-bond acceptors (Lipinski definition) is 3. The maximum Gasteiger partial charge on any atom is 0.318 e. The molecule has 0 saturated heterocycles. The third kappa shape index (κ3) is 2.64. The van der Waals surface area contributed by atoms with E-state index in [1.165, 1.54) is 14.0 Å². The number of carbonyl (C=O) groups is 2. The summed E-state index contributed by atoms with van der Waals surface area (Å²) in [6, 6.07) is 0. The van der Waals surface area contributed by atoms with Crippen LogP contribution >= 0.6 is 0 Å². The second kappa shape index (κ2) is 4.99. The molecule has 0 aromatic carbocycles. The van der Waals surface area contributed by atoms with Crippen LogP contribution in [0.1, 0.15) is 19.2 Å². The highest BCUT2D eigenvalue weighted by molar-refractivity contribution is 6.01. The lowest BCUT2D eigenvalue weighted by molar-refractivity contribution is -0.155. The van der Waals surface area contributed by atoms with Crippen LogP contribution in [0.3, 0.4) is 0 Å². The summed E-state index contributed by atoms with van der Waals surface area (Å²) in [5, 5.41) is 11.5. The van der Waals surface area contributed by atoms with Gasteiger partial charge in [0.1, 0.15) is 11.2 Å². The van der Waals surface area contributed by atoms with Crippen LogP contribution in [0.5, 0.6) is 0 Å². The van der Waals surface area contributed by atoms with Crippen LogP contribution in [0.4, 0.5) is 0 Å². The molecule has 2 N–H and O–H groups in total. The van der Waals surface area contributed by atoms with Gasteiger partial charge < -0.3 is 15.0 Å². The van der Waals surface area contributed by atoms with Gasteiger partial charge in [-0.2, -0.15) is 0 Å². The van der Waals surface area contributed by atoms with Gasteiger partial charge in [-0.1, -0.05) is 0 Å². The first kappa shape index (κ1) is 13.2. The van der Waals surface area contributed by atoms with Crippen LogP contribution in [-0.4, -0.2) is 33.6 Å². The van der Waals surface area contributed by atoms with E-state index >= 15 is 0 Å². The number of carbonyl (C=O) groups excluding carboxylic acids is 1. The molecule has 0 aliphatic carbocycles. The minimum Gasteiger partial charge on any atom is -0.480 e. The summed E-state index contributed by atoms with van der Waals surface area (Å²) >= 11 is 0. The van der Waals surface area contributed by atoms with Gasteiger partial charge in [0, 0.05) is 32.9 Å². The molecule has 1 aromatic heterocycles. The fourth-order valence-corrected chi connectivity index (χ4v) is 1.59. The molecular weight excluding hydrogens is 222 g/mol. The lowest BCUT2D eigenvalue weighted by Crippen LogP contribution is -2.43. The van der Waals surface area contributed by atoms with Gasteiger partial charge in [-0.05, 0) is 13.3 Å². The highest BCUT2D eigenvalue weighted by Crippen LogP contribution is 2.24. The van der Waals surface area contributed by atoms with Crippen molar-refractivity contribution in [2.75, 3.05) is 7.05 Å². The molecule has 0 fully saturated rings. The number of aromatic nitrogens is 2. The van der Waals surface area contributed by atoms with Crippen LogP contribution < -0.4 is 5.32 Å². The second-order valence-corrected chi connectivity index (χ2v) is 4.17. The van der Waals surface area contributed by atoms with Crippen LogP contribution in [0, 0.1) is 5.41 Å². The molecule has 6 nitrogen and oxygen atoms in total.